The maximum Gasteiger partial charge on any atom is 0.320 e. The average molecular weight is 266 g/mol. The van der Waals surface area contributed by atoms with Crippen molar-refractivity contribution in [3.05, 3.63) is 35.9 Å². The number of nitrogens with zero attached hydrogens (tertiary/aromatic N) is 1. The highest BCUT2D eigenvalue weighted by Gasteiger charge is 2.19. The molecule has 106 valence electrons. The van der Waals surface area contributed by atoms with Crippen LogP contribution in [0.3, 0.4) is 0 Å². The fourth-order valence-electron chi connectivity index (χ4n) is 1.83. The van der Waals surface area contributed by atoms with Crippen LogP contribution in [0.4, 0.5) is 0 Å². The lowest BCUT2D eigenvalue weighted by atomic mass is 10.2. The predicted molar refractivity (Wildman–Crippen MR) is 73.6 cm³/mol. The molecule has 0 bridgehead atoms. The summed E-state index contributed by atoms with van der Waals surface area (Å²) in [6.45, 7) is 3.59. The van der Waals surface area contributed by atoms with Gasteiger partial charge in [-0.25, -0.2) is 5.48 Å². The molecule has 0 aliphatic heterocycles. The van der Waals surface area contributed by atoms with Crippen LogP contribution >= 0.6 is 0 Å². The van der Waals surface area contributed by atoms with Gasteiger partial charge in [0, 0.05) is 13.1 Å². The van der Waals surface area contributed by atoms with E-state index in [0.29, 0.717) is 26.1 Å². The molecule has 5 nitrogen and oxygen atoms in total. The molecule has 0 radical (unpaired) electrons. The molecule has 0 amide bonds. The van der Waals surface area contributed by atoms with E-state index in [4.69, 9.17) is 9.94 Å². The van der Waals surface area contributed by atoms with E-state index in [-0.39, 0.29) is 0 Å². The molecule has 1 rings (SSSR count). The normalized spacial score (nSPS) is 12.6. The highest BCUT2D eigenvalue weighted by molar-refractivity contribution is 5.73. The van der Waals surface area contributed by atoms with Gasteiger partial charge in [-0.2, -0.15) is 0 Å². The summed E-state index contributed by atoms with van der Waals surface area (Å²) in [5.74, 6) is -0.782. The molecule has 0 unspecified atom stereocenters. The van der Waals surface area contributed by atoms with Crippen LogP contribution < -0.4 is 5.48 Å². The summed E-state index contributed by atoms with van der Waals surface area (Å²) in [5.41, 5.74) is 3.95. The van der Waals surface area contributed by atoms with Gasteiger partial charge in [0.1, 0.15) is 6.04 Å². The number of hydrogen-bond donors (Lipinski definition) is 2. The number of nitrogens with one attached hydrogen (secondary N) is 1. The van der Waals surface area contributed by atoms with Crippen molar-refractivity contribution in [3.63, 3.8) is 0 Å². The van der Waals surface area contributed by atoms with Crippen LogP contribution in [0.25, 0.3) is 0 Å². The van der Waals surface area contributed by atoms with Crippen LogP contribution in [-0.2, 0) is 16.2 Å². The van der Waals surface area contributed by atoms with Crippen LogP contribution in [0.5, 0.6) is 0 Å². The summed E-state index contributed by atoms with van der Waals surface area (Å²) in [5, 5.41) is 9.00. The molecule has 1 aromatic carbocycles. The third kappa shape index (κ3) is 5.83. The molecule has 1 atom stereocenters. The number of aliphatic carboxylic acids is 1. The predicted octanol–water partition coefficient (Wildman–Crippen LogP) is 1.50. The van der Waals surface area contributed by atoms with E-state index < -0.39 is 12.0 Å². The van der Waals surface area contributed by atoms with Gasteiger partial charge in [-0.15, -0.1) is 0 Å². The number of benzene rings is 1. The van der Waals surface area contributed by atoms with Crippen LogP contribution in [0.1, 0.15) is 18.9 Å². The van der Waals surface area contributed by atoms with Crippen molar-refractivity contribution in [2.24, 2.45) is 0 Å². The van der Waals surface area contributed by atoms with Crippen molar-refractivity contribution in [2.45, 2.75) is 26.0 Å². The summed E-state index contributed by atoms with van der Waals surface area (Å²) >= 11 is 0. The Bertz CT molecular complexity index is 370. The lowest BCUT2D eigenvalue weighted by molar-refractivity contribution is -0.143. The molecule has 0 aliphatic rings. The molecule has 1 aromatic rings. The number of carboxylic acid groups (broad SMARTS) is 1. The van der Waals surface area contributed by atoms with E-state index in [1.54, 1.807) is 11.9 Å². The Morgan fingerprint density at radius 1 is 1.42 bits per heavy atom. The van der Waals surface area contributed by atoms with E-state index in [1.807, 2.05) is 37.3 Å². The zero-order valence-electron chi connectivity index (χ0n) is 11.5. The van der Waals surface area contributed by atoms with Crippen molar-refractivity contribution in [2.75, 3.05) is 20.1 Å². The largest absolute Gasteiger partial charge is 0.480 e. The van der Waals surface area contributed by atoms with E-state index in [0.717, 1.165) is 5.56 Å². The highest BCUT2D eigenvalue weighted by Crippen LogP contribution is 2.01. The number of likely N-dealkylation sites (N-methyl/N-ethyl adjacent to an activating group) is 1. The standard InChI is InChI=1S/C14H22N2O3/c1-3-13(14(17)18)16(2)10-9-15-19-11-12-7-5-4-6-8-12/h4-8,13,15H,3,9-11H2,1-2H3,(H,17,18)/t13-/m0/s1. The van der Waals surface area contributed by atoms with Crippen LogP contribution in [0.2, 0.25) is 0 Å². The molecule has 19 heavy (non-hydrogen) atoms. The minimum Gasteiger partial charge on any atom is -0.480 e. The molecule has 0 saturated carbocycles. The van der Waals surface area contributed by atoms with Gasteiger partial charge in [-0.1, -0.05) is 37.3 Å². The second kappa shape index (κ2) is 8.63. The Kier molecular flexibility index (Phi) is 7.10. The molecule has 5 heteroatoms. The molecule has 0 spiro atoms. The molecule has 0 aromatic heterocycles. The summed E-state index contributed by atoms with van der Waals surface area (Å²) in [6, 6.07) is 9.44. The Balaban J connectivity index is 2.15. The van der Waals surface area contributed by atoms with E-state index >= 15 is 0 Å². The second-order valence-electron chi connectivity index (χ2n) is 4.41. The van der Waals surface area contributed by atoms with E-state index in [1.165, 1.54) is 0 Å². The lowest BCUT2D eigenvalue weighted by Gasteiger charge is -2.23. The first kappa shape index (κ1) is 15.6. The van der Waals surface area contributed by atoms with Gasteiger partial charge in [0.2, 0.25) is 0 Å². The van der Waals surface area contributed by atoms with E-state index in [2.05, 4.69) is 5.48 Å². The Labute approximate surface area is 114 Å². The number of hydroxylamine groups is 1. The summed E-state index contributed by atoms with van der Waals surface area (Å²) in [7, 11) is 1.81. The molecule has 0 saturated heterocycles. The topological polar surface area (TPSA) is 61.8 Å². The molecule has 0 fully saturated rings. The SMILES string of the molecule is CC[C@@H](C(=O)O)N(C)CCNOCc1ccccc1. The third-order valence-electron chi connectivity index (χ3n) is 2.95. The Morgan fingerprint density at radius 3 is 2.68 bits per heavy atom. The first-order valence-corrected chi connectivity index (χ1v) is 6.46. The van der Waals surface area contributed by atoms with Crippen molar-refractivity contribution in [1.29, 1.82) is 0 Å². The number of hydrogen-bond acceptors (Lipinski definition) is 4. The smallest absolute Gasteiger partial charge is 0.320 e. The van der Waals surface area contributed by atoms with Gasteiger partial charge in [-0.3, -0.25) is 14.5 Å². The van der Waals surface area contributed by atoms with Crippen molar-refractivity contribution >= 4 is 5.97 Å². The third-order valence-corrected chi connectivity index (χ3v) is 2.95. The minimum absolute atomic E-state index is 0.434. The zero-order valence-corrected chi connectivity index (χ0v) is 11.5. The summed E-state index contributed by atoms with van der Waals surface area (Å²) in [4.78, 5) is 18.1. The molecular weight excluding hydrogens is 244 g/mol. The zero-order chi connectivity index (χ0) is 14.1. The molecule has 0 heterocycles. The highest BCUT2D eigenvalue weighted by atomic mass is 16.6. The summed E-state index contributed by atoms with van der Waals surface area (Å²) < 4.78 is 0. The maximum absolute atomic E-state index is 11.0. The van der Waals surface area contributed by atoms with Crippen molar-refractivity contribution in [1.82, 2.24) is 10.4 Å². The summed E-state index contributed by atoms with van der Waals surface area (Å²) in [6.07, 6.45) is 0.594. The van der Waals surface area contributed by atoms with Crippen LogP contribution in [0.15, 0.2) is 30.3 Å². The van der Waals surface area contributed by atoms with Gasteiger partial charge in [0.15, 0.2) is 0 Å². The molecule has 2 N–H and O–H groups in total. The number of carbonyl (C=O) groups is 1. The monoisotopic (exact) mass is 266 g/mol. The Hall–Kier alpha value is -1.43. The lowest BCUT2D eigenvalue weighted by Crippen LogP contribution is -2.41. The van der Waals surface area contributed by atoms with Gasteiger partial charge < -0.3 is 5.11 Å². The Morgan fingerprint density at radius 2 is 2.11 bits per heavy atom. The average Bonchev–Trinajstić information content (AvgIpc) is 2.40. The van der Waals surface area contributed by atoms with Gasteiger partial charge in [0.05, 0.1) is 6.61 Å². The van der Waals surface area contributed by atoms with Crippen molar-refractivity contribution < 1.29 is 14.7 Å². The fraction of sp³-hybridized carbons (Fsp3) is 0.500. The molecular formula is C14H22N2O3. The second-order valence-corrected chi connectivity index (χ2v) is 4.41. The van der Waals surface area contributed by atoms with E-state index in [9.17, 15) is 4.79 Å². The minimum atomic E-state index is -0.782. The van der Waals surface area contributed by atoms with Crippen LogP contribution in [0, 0.1) is 0 Å². The number of rotatable bonds is 9. The molecule has 0 aliphatic carbocycles. The first-order valence-electron chi connectivity index (χ1n) is 6.46. The van der Waals surface area contributed by atoms with Gasteiger partial charge >= 0.3 is 5.97 Å². The number of carboxylic acids is 1. The first-order chi connectivity index (χ1) is 9.15. The van der Waals surface area contributed by atoms with Gasteiger partial charge in [-0.05, 0) is 19.0 Å². The maximum atomic E-state index is 11.0. The van der Waals surface area contributed by atoms with Crippen molar-refractivity contribution in [3.8, 4) is 0 Å². The quantitative estimate of drug-likeness (QED) is 0.524. The van der Waals surface area contributed by atoms with Gasteiger partial charge in [0.25, 0.3) is 0 Å². The fourth-order valence-corrected chi connectivity index (χ4v) is 1.83. The van der Waals surface area contributed by atoms with Crippen LogP contribution in [-0.4, -0.2) is 42.2 Å².